The van der Waals surface area contributed by atoms with E-state index in [1.165, 1.54) is 0 Å². The first-order chi connectivity index (χ1) is 10.1. The third-order valence-electron chi connectivity index (χ3n) is 3.51. The zero-order chi connectivity index (χ0) is 15.2. The Morgan fingerprint density at radius 2 is 2.00 bits per heavy atom. The number of nitrogens with one attached hydrogen (secondary N) is 1. The van der Waals surface area contributed by atoms with Crippen LogP contribution in [0.15, 0.2) is 47.3 Å². The first kappa shape index (κ1) is 15.3. The van der Waals surface area contributed by atoms with E-state index in [0.29, 0.717) is 13.1 Å². The van der Waals surface area contributed by atoms with E-state index in [4.69, 9.17) is 10.2 Å². The molecule has 112 valence electrons. The minimum absolute atomic E-state index is 0.0403. The zero-order valence-corrected chi connectivity index (χ0v) is 12.4. The van der Waals surface area contributed by atoms with Crippen molar-refractivity contribution in [1.82, 2.24) is 4.90 Å². The van der Waals surface area contributed by atoms with Crippen molar-refractivity contribution in [3.8, 4) is 0 Å². The molecule has 1 aromatic carbocycles. The summed E-state index contributed by atoms with van der Waals surface area (Å²) in [6.45, 7) is 3.04. The van der Waals surface area contributed by atoms with Crippen molar-refractivity contribution in [3.05, 3.63) is 54.0 Å². The number of carbonyl (C=O) groups is 1. The summed E-state index contributed by atoms with van der Waals surface area (Å²) in [4.78, 5) is 14.2. The van der Waals surface area contributed by atoms with Gasteiger partial charge in [-0.05, 0) is 37.7 Å². The summed E-state index contributed by atoms with van der Waals surface area (Å²) in [5.41, 5.74) is 8.42. The van der Waals surface area contributed by atoms with Gasteiger partial charge >= 0.3 is 0 Å². The van der Waals surface area contributed by atoms with E-state index in [-0.39, 0.29) is 11.9 Å². The summed E-state index contributed by atoms with van der Waals surface area (Å²) in [6.07, 6.45) is 3.32. The highest BCUT2D eigenvalue weighted by Gasteiger charge is 2.18. The first-order valence-corrected chi connectivity index (χ1v) is 6.91. The first-order valence-electron chi connectivity index (χ1n) is 6.91. The Labute approximate surface area is 124 Å². The summed E-state index contributed by atoms with van der Waals surface area (Å²) in [5, 5.41) is 2.91. The van der Waals surface area contributed by atoms with Crippen LogP contribution in [0.1, 0.15) is 18.1 Å². The van der Waals surface area contributed by atoms with Gasteiger partial charge < -0.3 is 15.5 Å². The number of likely N-dealkylation sites (N-methyl/N-ethyl adjacent to an activating group) is 1. The van der Waals surface area contributed by atoms with Gasteiger partial charge in [-0.25, -0.2) is 0 Å². The lowest BCUT2D eigenvalue weighted by molar-refractivity contribution is -0.120. The highest BCUT2D eigenvalue weighted by Crippen LogP contribution is 2.12. The molecule has 2 rings (SSSR count). The number of anilines is 1. The highest BCUT2D eigenvalue weighted by molar-refractivity contribution is 5.94. The average molecular weight is 287 g/mol. The Kier molecular flexibility index (Phi) is 5.14. The van der Waals surface area contributed by atoms with Crippen molar-refractivity contribution in [2.45, 2.75) is 26.1 Å². The van der Waals surface area contributed by atoms with Gasteiger partial charge in [0.15, 0.2) is 0 Å². The van der Waals surface area contributed by atoms with Gasteiger partial charge in [0.05, 0.1) is 18.6 Å². The van der Waals surface area contributed by atoms with Crippen LogP contribution in [0.3, 0.4) is 0 Å². The van der Waals surface area contributed by atoms with E-state index in [0.717, 1.165) is 16.8 Å². The Balaban J connectivity index is 1.91. The molecule has 5 heteroatoms. The Hall–Kier alpha value is -2.11. The molecule has 1 unspecified atom stereocenters. The van der Waals surface area contributed by atoms with Crippen LogP contribution >= 0.6 is 0 Å². The van der Waals surface area contributed by atoms with Crippen LogP contribution in [0.2, 0.25) is 0 Å². The topological polar surface area (TPSA) is 71.5 Å². The standard InChI is InChI=1S/C16H21N3O2/c1-12(19(2)10-14-7-8-21-11-14)16(20)18-15-5-3-13(9-17)4-6-15/h3-8,11-12H,9-10,17H2,1-2H3,(H,18,20). The number of nitrogens with zero attached hydrogens (tertiary/aromatic N) is 1. The smallest absolute Gasteiger partial charge is 0.241 e. The van der Waals surface area contributed by atoms with Crippen molar-refractivity contribution in [1.29, 1.82) is 0 Å². The lowest BCUT2D eigenvalue weighted by Crippen LogP contribution is -2.39. The van der Waals surface area contributed by atoms with Gasteiger partial charge in [-0.15, -0.1) is 0 Å². The van der Waals surface area contributed by atoms with E-state index < -0.39 is 0 Å². The SMILES string of the molecule is CC(C(=O)Nc1ccc(CN)cc1)N(C)Cc1ccoc1. The molecule has 0 saturated carbocycles. The minimum Gasteiger partial charge on any atom is -0.472 e. The van der Waals surface area contributed by atoms with Gasteiger partial charge in [0, 0.05) is 24.3 Å². The molecule has 0 spiro atoms. The second-order valence-electron chi connectivity index (χ2n) is 5.11. The van der Waals surface area contributed by atoms with Crippen molar-refractivity contribution in [3.63, 3.8) is 0 Å². The van der Waals surface area contributed by atoms with Crippen molar-refractivity contribution < 1.29 is 9.21 Å². The van der Waals surface area contributed by atoms with Gasteiger partial charge in [-0.1, -0.05) is 12.1 Å². The molecule has 0 aliphatic carbocycles. The molecular weight excluding hydrogens is 266 g/mol. The van der Waals surface area contributed by atoms with Crippen molar-refractivity contribution in [2.24, 2.45) is 5.73 Å². The van der Waals surface area contributed by atoms with Crippen LogP contribution in [0.5, 0.6) is 0 Å². The van der Waals surface area contributed by atoms with E-state index in [1.807, 2.05) is 49.2 Å². The fourth-order valence-electron chi connectivity index (χ4n) is 1.98. The molecule has 0 aliphatic rings. The van der Waals surface area contributed by atoms with E-state index in [9.17, 15) is 4.79 Å². The molecule has 21 heavy (non-hydrogen) atoms. The van der Waals surface area contributed by atoms with Crippen LogP contribution in [-0.4, -0.2) is 23.9 Å². The summed E-state index contributed by atoms with van der Waals surface area (Å²) < 4.78 is 5.04. The number of furan rings is 1. The molecule has 2 aromatic rings. The van der Waals surface area contributed by atoms with Gasteiger partial charge in [0.2, 0.25) is 5.91 Å². The summed E-state index contributed by atoms with van der Waals surface area (Å²) in [7, 11) is 1.91. The van der Waals surface area contributed by atoms with Gasteiger partial charge in [0.25, 0.3) is 0 Å². The molecular formula is C16H21N3O2. The Morgan fingerprint density at radius 1 is 1.29 bits per heavy atom. The predicted octanol–water partition coefficient (Wildman–Crippen LogP) is 2.20. The number of amides is 1. The summed E-state index contributed by atoms with van der Waals surface area (Å²) in [6, 6.07) is 9.21. The molecule has 0 bridgehead atoms. The summed E-state index contributed by atoms with van der Waals surface area (Å²) >= 11 is 0. The van der Waals surface area contributed by atoms with Gasteiger partial charge in [-0.2, -0.15) is 0 Å². The number of benzene rings is 1. The number of hydrogen-bond acceptors (Lipinski definition) is 4. The molecule has 0 aliphatic heterocycles. The molecule has 0 saturated heterocycles. The van der Waals surface area contributed by atoms with Gasteiger partial charge in [0.1, 0.15) is 0 Å². The molecule has 1 aromatic heterocycles. The molecule has 0 radical (unpaired) electrons. The third kappa shape index (κ3) is 4.18. The van der Waals surface area contributed by atoms with E-state index in [1.54, 1.807) is 12.5 Å². The quantitative estimate of drug-likeness (QED) is 0.854. The molecule has 5 nitrogen and oxygen atoms in total. The minimum atomic E-state index is -0.242. The van der Waals surface area contributed by atoms with Gasteiger partial charge in [-0.3, -0.25) is 9.69 Å². The lowest BCUT2D eigenvalue weighted by Gasteiger charge is -2.23. The van der Waals surface area contributed by atoms with E-state index in [2.05, 4.69) is 5.32 Å². The average Bonchev–Trinajstić information content (AvgIpc) is 3.00. The number of rotatable bonds is 6. The maximum atomic E-state index is 12.2. The Morgan fingerprint density at radius 3 is 2.57 bits per heavy atom. The zero-order valence-electron chi connectivity index (χ0n) is 12.4. The third-order valence-corrected chi connectivity index (χ3v) is 3.51. The molecule has 1 heterocycles. The fraction of sp³-hybridized carbons (Fsp3) is 0.312. The van der Waals surface area contributed by atoms with Crippen molar-refractivity contribution >= 4 is 11.6 Å². The molecule has 0 fully saturated rings. The van der Waals surface area contributed by atoms with Crippen LogP contribution < -0.4 is 11.1 Å². The maximum Gasteiger partial charge on any atom is 0.241 e. The lowest BCUT2D eigenvalue weighted by atomic mass is 10.2. The number of hydrogen-bond donors (Lipinski definition) is 2. The largest absolute Gasteiger partial charge is 0.472 e. The molecule has 1 atom stereocenters. The Bertz CT molecular complexity index is 564. The van der Waals surface area contributed by atoms with Crippen molar-refractivity contribution in [2.75, 3.05) is 12.4 Å². The highest BCUT2D eigenvalue weighted by atomic mass is 16.3. The van der Waals surface area contributed by atoms with Crippen LogP contribution in [-0.2, 0) is 17.9 Å². The predicted molar refractivity (Wildman–Crippen MR) is 82.6 cm³/mol. The monoisotopic (exact) mass is 287 g/mol. The second kappa shape index (κ2) is 7.06. The fourth-order valence-corrected chi connectivity index (χ4v) is 1.98. The van der Waals surface area contributed by atoms with Crippen LogP contribution in [0.4, 0.5) is 5.69 Å². The number of carbonyl (C=O) groups excluding carboxylic acids is 1. The maximum absolute atomic E-state index is 12.2. The normalized spacial score (nSPS) is 12.4. The van der Waals surface area contributed by atoms with Crippen LogP contribution in [0.25, 0.3) is 0 Å². The van der Waals surface area contributed by atoms with E-state index >= 15 is 0 Å². The molecule has 3 N–H and O–H groups in total. The number of nitrogens with two attached hydrogens (primary N) is 1. The second-order valence-corrected chi connectivity index (χ2v) is 5.11. The van der Waals surface area contributed by atoms with Crippen LogP contribution in [0, 0.1) is 0 Å². The summed E-state index contributed by atoms with van der Waals surface area (Å²) in [5.74, 6) is -0.0403. The molecule has 1 amide bonds.